The maximum atomic E-state index is 12.5. The molecule has 1 aromatic heterocycles. The lowest BCUT2D eigenvalue weighted by atomic mass is 9.95. The number of fused-ring (bicyclic) bond motifs is 1. The van der Waals surface area contributed by atoms with Gasteiger partial charge in [-0.25, -0.2) is 26.8 Å². The molecule has 1 atom stereocenters. The van der Waals surface area contributed by atoms with Crippen LogP contribution in [0, 0.1) is 22.8 Å². The van der Waals surface area contributed by atoms with Crippen LogP contribution in [0.3, 0.4) is 0 Å². The Balaban J connectivity index is 2.40. The second-order valence-corrected chi connectivity index (χ2v) is 10.6. The average Bonchev–Trinajstić information content (AvgIpc) is 2.66. The minimum absolute atomic E-state index is 0.0670. The Labute approximate surface area is 178 Å². The van der Waals surface area contributed by atoms with Gasteiger partial charge in [0.25, 0.3) is 0 Å². The average molecular weight is 461 g/mol. The molecule has 160 valence electrons. The smallest absolute Gasteiger partial charge is 0.211 e. The fraction of sp³-hybridized carbons (Fsp3) is 0.176. The summed E-state index contributed by atoms with van der Waals surface area (Å²) in [6.07, 6.45) is 3.55. The molecule has 6 N–H and O–H groups in total. The van der Waals surface area contributed by atoms with E-state index >= 15 is 0 Å². The highest BCUT2D eigenvalue weighted by molar-refractivity contribution is 7.91. The van der Waals surface area contributed by atoms with Crippen LogP contribution in [0.15, 0.2) is 33.0 Å². The summed E-state index contributed by atoms with van der Waals surface area (Å²) in [6.45, 7) is 0. The Hall–Kier alpha value is -3.88. The van der Waals surface area contributed by atoms with Gasteiger partial charge in [0.05, 0.1) is 15.5 Å². The lowest BCUT2D eigenvalue weighted by Crippen LogP contribution is -2.33. The third-order valence-corrected chi connectivity index (χ3v) is 6.73. The summed E-state index contributed by atoms with van der Waals surface area (Å²) >= 11 is 0. The van der Waals surface area contributed by atoms with Crippen LogP contribution >= 0.6 is 0 Å². The van der Waals surface area contributed by atoms with E-state index in [1.54, 1.807) is 6.19 Å². The maximum absolute atomic E-state index is 12.5. The van der Waals surface area contributed by atoms with Crippen molar-refractivity contribution < 1.29 is 16.8 Å². The first-order valence-corrected chi connectivity index (χ1v) is 12.2. The normalized spacial score (nSPS) is 15.6. The Morgan fingerprint density at radius 1 is 1.13 bits per heavy atom. The van der Waals surface area contributed by atoms with Crippen LogP contribution in [-0.4, -0.2) is 40.3 Å². The minimum Gasteiger partial charge on any atom is -0.397 e. The number of nitrogens with zero attached hydrogens (tertiary/aromatic N) is 4. The van der Waals surface area contributed by atoms with Gasteiger partial charge in [-0.2, -0.15) is 10.5 Å². The van der Waals surface area contributed by atoms with Crippen molar-refractivity contribution in [3.63, 3.8) is 0 Å². The number of pyridine rings is 1. The molecule has 2 heterocycles. The Bertz CT molecular complexity index is 1430. The number of nitriles is 2. The van der Waals surface area contributed by atoms with Crippen molar-refractivity contribution in [2.45, 2.75) is 15.8 Å². The van der Waals surface area contributed by atoms with Crippen LogP contribution in [0.4, 0.5) is 17.3 Å². The van der Waals surface area contributed by atoms with Crippen LogP contribution in [0.2, 0.25) is 0 Å². The SMILES string of the molecule is CS(=O)(=O)c1ccc(C2N=C(NC#N)Nc3nc(N)c(C#N)c(N)c32)c(S(C)(=O)=O)c1. The monoisotopic (exact) mass is 460 g/mol. The molecule has 1 aliphatic rings. The van der Waals surface area contributed by atoms with Crippen molar-refractivity contribution >= 4 is 43.0 Å². The molecule has 14 heteroatoms. The van der Waals surface area contributed by atoms with E-state index < -0.39 is 25.7 Å². The molecule has 12 nitrogen and oxygen atoms in total. The molecular formula is C17H16N8O4S2. The number of benzene rings is 1. The van der Waals surface area contributed by atoms with Crippen molar-refractivity contribution in [3.05, 3.63) is 34.9 Å². The van der Waals surface area contributed by atoms with E-state index in [0.717, 1.165) is 18.6 Å². The molecule has 2 aromatic rings. The van der Waals surface area contributed by atoms with Crippen LogP contribution in [0.5, 0.6) is 0 Å². The van der Waals surface area contributed by atoms with E-state index in [-0.39, 0.29) is 49.8 Å². The molecule has 31 heavy (non-hydrogen) atoms. The van der Waals surface area contributed by atoms with Crippen molar-refractivity contribution in [2.75, 3.05) is 29.3 Å². The first kappa shape index (κ1) is 21.8. The predicted octanol–water partition coefficient (Wildman–Crippen LogP) is -0.134. The van der Waals surface area contributed by atoms with Gasteiger partial charge in [0, 0.05) is 23.6 Å². The number of aromatic nitrogens is 1. The van der Waals surface area contributed by atoms with E-state index in [9.17, 15) is 22.1 Å². The Morgan fingerprint density at radius 3 is 2.35 bits per heavy atom. The second kappa shape index (κ2) is 7.42. The minimum atomic E-state index is -3.93. The van der Waals surface area contributed by atoms with Gasteiger partial charge in [0.2, 0.25) is 5.96 Å². The van der Waals surface area contributed by atoms with Gasteiger partial charge in [-0.15, -0.1) is 0 Å². The molecule has 0 saturated heterocycles. The maximum Gasteiger partial charge on any atom is 0.211 e. The molecule has 1 unspecified atom stereocenters. The number of anilines is 3. The van der Waals surface area contributed by atoms with Crippen LogP contribution in [-0.2, 0) is 19.7 Å². The zero-order chi connectivity index (χ0) is 23.1. The van der Waals surface area contributed by atoms with Gasteiger partial charge in [-0.1, -0.05) is 6.07 Å². The van der Waals surface area contributed by atoms with Crippen molar-refractivity contribution in [2.24, 2.45) is 4.99 Å². The van der Waals surface area contributed by atoms with Gasteiger partial charge in [0.1, 0.15) is 29.3 Å². The molecule has 0 fully saturated rings. The van der Waals surface area contributed by atoms with Crippen LogP contribution in [0.25, 0.3) is 0 Å². The first-order valence-electron chi connectivity index (χ1n) is 8.41. The number of nitrogens with two attached hydrogens (primary N) is 2. The highest BCUT2D eigenvalue weighted by atomic mass is 32.2. The molecule has 0 spiro atoms. The van der Waals surface area contributed by atoms with Gasteiger partial charge in [-0.05, 0) is 12.1 Å². The standard InChI is InChI=1S/C17H16N8O4S2/c1-30(26,27)8-3-4-9(11(5-8)31(2,28)29)14-12-13(20)10(6-18)15(21)24-16(12)25-17(23-14)22-7-19/h3-5,14H,1-2H3,(H6,20,21,22,23,24,25). The van der Waals surface area contributed by atoms with E-state index in [1.165, 1.54) is 12.1 Å². The summed E-state index contributed by atoms with van der Waals surface area (Å²) in [5.74, 6) is -0.167. The number of guanidine groups is 1. The number of sulfone groups is 2. The Kier molecular flexibility index (Phi) is 5.23. The van der Waals surface area contributed by atoms with Gasteiger partial charge in [-0.3, -0.25) is 5.32 Å². The summed E-state index contributed by atoms with van der Waals surface area (Å²) in [6, 6.07) is 4.27. The van der Waals surface area contributed by atoms with E-state index in [1.807, 2.05) is 6.07 Å². The second-order valence-electron chi connectivity index (χ2n) is 6.65. The molecule has 0 bridgehead atoms. The number of nitrogens with one attached hydrogen (secondary N) is 2. The first-order chi connectivity index (χ1) is 14.4. The number of rotatable bonds is 3. The quantitative estimate of drug-likeness (QED) is 0.349. The summed E-state index contributed by atoms with van der Waals surface area (Å²) in [5.41, 5.74) is 12.0. The number of nitrogen functional groups attached to an aromatic ring is 2. The van der Waals surface area contributed by atoms with Crippen LogP contribution < -0.4 is 22.1 Å². The third-order valence-electron chi connectivity index (χ3n) is 4.46. The number of aliphatic imine (C=N–C) groups is 1. The summed E-state index contributed by atoms with van der Waals surface area (Å²) < 4.78 is 48.9. The highest BCUT2D eigenvalue weighted by Crippen LogP contribution is 2.42. The molecule has 3 rings (SSSR count). The molecule has 0 amide bonds. The lowest BCUT2D eigenvalue weighted by molar-refractivity contribution is 0.598. The zero-order valence-electron chi connectivity index (χ0n) is 16.2. The van der Waals surface area contributed by atoms with Gasteiger partial charge >= 0.3 is 0 Å². The molecule has 0 radical (unpaired) electrons. The molecule has 1 aliphatic heterocycles. The fourth-order valence-electron chi connectivity index (χ4n) is 3.10. The summed E-state index contributed by atoms with van der Waals surface area (Å²) in [4.78, 5) is 7.89. The van der Waals surface area contributed by atoms with E-state index in [2.05, 4.69) is 20.6 Å². The highest BCUT2D eigenvalue weighted by Gasteiger charge is 2.33. The predicted molar refractivity (Wildman–Crippen MR) is 112 cm³/mol. The Morgan fingerprint density at radius 2 is 1.81 bits per heavy atom. The van der Waals surface area contributed by atoms with Crippen molar-refractivity contribution in [1.29, 1.82) is 10.5 Å². The van der Waals surface area contributed by atoms with Gasteiger partial charge < -0.3 is 16.8 Å². The molecule has 0 aliphatic carbocycles. The van der Waals surface area contributed by atoms with Crippen LogP contribution in [0.1, 0.15) is 22.7 Å². The fourth-order valence-corrected chi connectivity index (χ4v) is 4.77. The van der Waals surface area contributed by atoms with E-state index in [0.29, 0.717) is 0 Å². The zero-order valence-corrected chi connectivity index (χ0v) is 17.8. The van der Waals surface area contributed by atoms with E-state index in [4.69, 9.17) is 16.7 Å². The number of hydrogen-bond acceptors (Lipinski definition) is 12. The lowest BCUT2D eigenvalue weighted by Gasteiger charge is -2.27. The third kappa shape index (κ3) is 3.94. The van der Waals surface area contributed by atoms with Gasteiger partial charge in [0.15, 0.2) is 25.9 Å². The topological polar surface area (TPSA) is 217 Å². The molecular weight excluding hydrogens is 444 g/mol. The van der Waals surface area contributed by atoms with Crippen molar-refractivity contribution in [3.8, 4) is 12.3 Å². The largest absolute Gasteiger partial charge is 0.397 e. The molecule has 1 aromatic carbocycles. The number of hydrogen-bond donors (Lipinski definition) is 4. The van der Waals surface area contributed by atoms with Crippen molar-refractivity contribution in [1.82, 2.24) is 10.3 Å². The molecule has 0 saturated carbocycles. The summed E-state index contributed by atoms with van der Waals surface area (Å²) in [7, 11) is -7.63. The summed E-state index contributed by atoms with van der Waals surface area (Å²) in [5, 5.41) is 23.4.